The molecule has 0 saturated heterocycles. The summed E-state index contributed by atoms with van der Waals surface area (Å²) < 4.78 is 3.91. The Hall–Kier alpha value is -4.61. The van der Waals surface area contributed by atoms with Crippen LogP contribution in [0.15, 0.2) is 168 Å². The summed E-state index contributed by atoms with van der Waals surface area (Å²) in [7, 11) is 6.33. The van der Waals surface area contributed by atoms with E-state index in [1.54, 1.807) is 0 Å². The Morgan fingerprint density at radius 2 is 1.20 bits per heavy atom. The van der Waals surface area contributed by atoms with Gasteiger partial charge in [0.2, 0.25) is 0 Å². The van der Waals surface area contributed by atoms with E-state index in [4.69, 9.17) is 0 Å². The Labute approximate surface area is 377 Å². The summed E-state index contributed by atoms with van der Waals surface area (Å²) in [6.45, 7) is 6.43. The van der Waals surface area contributed by atoms with Gasteiger partial charge >= 0.3 is 323 Å². The maximum atomic E-state index is 3.93. The number of hydrogen-bond donors (Lipinski definition) is 0. The van der Waals surface area contributed by atoms with Gasteiger partial charge in [0, 0.05) is 0 Å². The van der Waals surface area contributed by atoms with Crippen LogP contribution in [0, 0.1) is 16.2 Å². The zero-order valence-electron chi connectivity index (χ0n) is 37.0. The topological polar surface area (TPSA) is 6.48 Å². The van der Waals surface area contributed by atoms with Gasteiger partial charge in [-0.1, -0.05) is 12.2 Å². The molecule has 0 bridgehead atoms. The molecule has 1 fully saturated rings. The van der Waals surface area contributed by atoms with Crippen LogP contribution < -0.4 is 15.9 Å². The van der Waals surface area contributed by atoms with Crippen molar-refractivity contribution in [3.05, 3.63) is 190 Å². The molecular weight excluding hydrogens is 934 g/mol. The van der Waals surface area contributed by atoms with E-state index in [1.165, 1.54) is 66.6 Å². The molecule has 2 aliphatic rings. The van der Waals surface area contributed by atoms with E-state index in [0.29, 0.717) is 0 Å². The van der Waals surface area contributed by atoms with Crippen LogP contribution in [0.2, 0.25) is 0 Å². The predicted molar refractivity (Wildman–Crippen MR) is 262 cm³/mol. The summed E-state index contributed by atoms with van der Waals surface area (Å²) in [6.07, 6.45) is 17.0. The van der Waals surface area contributed by atoms with Crippen molar-refractivity contribution in [2.24, 2.45) is 0 Å². The number of benzene rings is 5. The average Bonchev–Trinajstić information content (AvgIpc) is 3.84. The van der Waals surface area contributed by atoms with Crippen LogP contribution in [0.4, 0.5) is 0 Å². The second-order valence-corrected chi connectivity index (χ2v) is 21.0. The van der Waals surface area contributed by atoms with Crippen LogP contribution in [-0.2, 0) is 23.4 Å². The zero-order chi connectivity index (χ0) is 42.8. The summed E-state index contributed by atoms with van der Waals surface area (Å²) in [5, 5.41) is 5.13. The molecule has 61 heavy (non-hydrogen) atoms. The molecule has 0 atom stereocenters. The van der Waals surface area contributed by atoms with Crippen molar-refractivity contribution in [2.75, 3.05) is 41.3 Å². The molecule has 311 valence electrons. The van der Waals surface area contributed by atoms with Crippen molar-refractivity contribution < 1.29 is 17.9 Å². The second kappa shape index (κ2) is 20.5. The fraction of sp³-hybridized carbons (Fsp3) is 0.281. The van der Waals surface area contributed by atoms with Gasteiger partial charge in [-0.3, -0.25) is 0 Å². The summed E-state index contributed by atoms with van der Waals surface area (Å²) in [4.78, 5) is 4.66. The van der Waals surface area contributed by atoms with Crippen molar-refractivity contribution in [1.82, 2.24) is 9.80 Å². The number of nitrogens with zero attached hydrogens (tertiary/aromatic N) is 2. The van der Waals surface area contributed by atoms with Gasteiger partial charge in [0.05, 0.1) is 0 Å². The molecule has 0 aliphatic heterocycles. The number of allylic oxidation sites excluding steroid dienone is 7. The predicted octanol–water partition coefficient (Wildman–Crippen LogP) is 11.8. The molecule has 2 aliphatic carbocycles. The van der Waals surface area contributed by atoms with Gasteiger partial charge in [0.25, 0.3) is 0 Å². The number of fused-ring (bicyclic) bond motifs is 3. The van der Waals surface area contributed by atoms with Gasteiger partial charge in [0.1, 0.15) is 0 Å². The third kappa shape index (κ3) is 9.43. The molecule has 0 radical (unpaired) electrons. The molecule has 1 saturated carbocycles. The molecule has 2 nitrogen and oxygen atoms in total. The zero-order valence-corrected chi connectivity index (χ0v) is 40.4. The van der Waals surface area contributed by atoms with Crippen molar-refractivity contribution in [3.63, 3.8) is 0 Å². The van der Waals surface area contributed by atoms with Gasteiger partial charge in [0.15, 0.2) is 0 Å². The molecule has 0 unspecified atom stereocenters. The molecule has 7 rings (SSSR count). The Balaban J connectivity index is 1.49. The van der Waals surface area contributed by atoms with Crippen LogP contribution in [0.25, 0.3) is 17.2 Å². The molecule has 0 N–H and O–H groups in total. The molecule has 0 aromatic heterocycles. The summed E-state index contributed by atoms with van der Waals surface area (Å²) in [5.74, 6) is 7.78. The SMILES string of the molecule is CC=C1CCCC1=CC(C#Cc1ccc2c(c1)C(CCCN(C)C)(CCCN(C)C)c1cc(/C=C/C)ccc1-2)=C([C]#[Os])[P+](c1ccccc1)(c1ccccc1)c1ccccc1. The number of rotatable bonds is 14. The van der Waals surface area contributed by atoms with Crippen LogP contribution in [0.3, 0.4) is 0 Å². The Morgan fingerprint density at radius 1 is 0.672 bits per heavy atom. The summed E-state index contributed by atoms with van der Waals surface area (Å²) >= 11 is 1.84. The fourth-order valence-corrected chi connectivity index (χ4v) is 15.5. The van der Waals surface area contributed by atoms with Gasteiger partial charge < -0.3 is 9.80 Å². The van der Waals surface area contributed by atoms with E-state index < -0.39 is 7.26 Å². The van der Waals surface area contributed by atoms with Crippen molar-refractivity contribution in [2.45, 2.75) is 64.2 Å². The molecule has 0 amide bonds. The molecule has 4 heteroatoms. The normalized spacial score (nSPS) is 16.1. The Morgan fingerprint density at radius 3 is 1.70 bits per heavy atom. The first kappa shape index (κ1) is 44.4. The monoisotopic (exact) mass is 996 g/mol. The van der Waals surface area contributed by atoms with Crippen LogP contribution in [0.1, 0.15) is 81.0 Å². The van der Waals surface area contributed by atoms with Crippen LogP contribution in [-0.4, -0.2) is 51.1 Å². The molecule has 0 spiro atoms. The standard InChI is InChI=1S/C57H61N2P.Os/c1-8-22-45-32-35-53-54-36-33-46(42-56(54)57(55(53)41-45,37-20-39-58(4)5)38-21-40-59(6)7)31-34-48(43-49-24-19-23-47(49)9-2)44(3)60(50-25-13-10-14-26-50,51-27-15-11-16-28-51)52-29-17-12-18-30-52;/h8-18,22,25-30,32-33,35-36,41-43H,19-21,23-24,37-40H2,1-2,4-7H3;/q+1;/b22-8+,47-9?,48-44?,49-43?;. The van der Waals surface area contributed by atoms with Crippen LogP contribution in [0.5, 0.6) is 0 Å². The van der Waals surface area contributed by atoms with Gasteiger partial charge in [-0.2, -0.15) is 0 Å². The minimum absolute atomic E-state index is 0.0941. The first-order chi connectivity index (χ1) is 29.7. The van der Waals surface area contributed by atoms with Crippen LogP contribution >= 0.6 is 7.26 Å². The van der Waals surface area contributed by atoms with Gasteiger partial charge in [-0.05, 0) is 35.1 Å². The quantitative estimate of drug-likeness (QED) is 0.0808. The molecule has 5 aromatic carbocycles. The average molecular weight is 995 g/mol. The maximum absolute atomic E-state index is 3.93. The minimum atomic E-state index is -2.46. The van der Waals surface area contributed by atoms with Crippen molar-refractivity contribution in [1.29, 1.82) is 0 Å². The molecular formula is C57H61N2OsP+. The first-order valence-corrected chi connectivity index (χ1v) is 25.1. The molecule has 0 heterocycles. The van der Waals surface area contributed by atoms with E-state index in [2.05, 4.69) is 220 Å². The molecule has 5 aromatic rings. The second-order valence-electron chi connectivity index (χ2n) is 17.1. The van der Waals surface area contributed by atoms with Crippen molar-refractivity contribution >= 4 is 29.3 Å². The number of hydrogen-bond acceptors (Lipinski definition) is 2. The van der Waals surface area contributed by atoms with E-state index in [0.717, 1.165) is 62.8 Å². The van der Waals surface area contributed by atoms with Crippen molar-refractivity contribution in [3.8, 4) is 27.3 Å². The van der Waals surface area contributed by atoms with Gasteiger partial charge in [-0.15, -0.1) is 0 Å². The fourth-order valence-electron chi connectivity index (χ4n) is 9.78. The summed E-state index contributed by atoms with van der Waals surface area (Å²) in [5.41, 5.74) is 11.8. The van der Waals surface area contributed by atoms with E-state index in [1.807, 2.05) is 17.9 Å². The Bertz CT molecular complexity index is 2430. The van der Waals surface area contributed by atoms with E-state index in [-0.39, 0.29) is 5.41 Å². The van der Waals surface area contributed by atoms with Gasteiger partial charge in [-0.25, -0.2) is 0 Å². The first-order valence-electron chi connectivity index (χ1n) is 22.0. The van der Waals surface area contributed by atoms with E-state index in [9.17, 15) is 0 Å². The van der Waals surface area contributed by atoms with E-state index >= 15 is 0 Å². The third-order valence-electron chi connectivity index (χ3n) is 12.6. The Kier molecular flexibility index (Phi) is 14.9. The third-order valence-corrected chi connectivity index (χ3v) is 18.0. The summed E-state index contributed by atoms with van der Waals surface area (Å²) in [6, 6.07) is 47.8.